The summed E-state index contributed by atoms with van der Waals surface area (Å²) in [6.07, 6.45) is 1.10. The fourth-order valence-electron chi connectivity index (χ4n) is 6.62. The number of carbonyl (C=O) groups is 4. The van der Waals surface area contributed by atoms with Crippen molar-refractivity contribution in [2.24, 2.45) is 17.8 Å². The van der Waals surface area contributed by atoms with Crippen LogP contribution in [0, 0.1) is 17.8 Å². The number of benzene rings is 4. The molecule has 4 aromatic rings. The van der Waals surface area contributed by atoms with Crippen LogP contribution < -0.4 is 21.3 Å². The molecule has 9 heteroatoms. The second-order valence-corrected chi connectivity index (χ2v) is 14.5. The van der Waals surface area contributed by atoms with E-state index in [9.17, 15) is 24.3 Å². The van der Waals surface area contributed by atoms with Crippen LogP contribution in [0.4, 0.5) is 0 Å². The van der Waals surface area contributed by atoms with Crippen LogP contribution in [-0.2, 0) is 32.0 Å². The van der Waals surface area contributed by atoms with E-state index in [0.29, 0.717) is 31.7 Å². The first-order valence-corrected chi connectivity index (χ1v) is 18.7. The van der Waals surface area contributed by atoms with Gasteiger partial charge in [0.25, 0.3) is 0 Å². The van der Waals surface area contributed by atoms with Gasteiger partial charge in [-0.15, -0.1) is 0 Å². The maximum Gasteiger partial charge on any atom is 0.242 e. The second-order valence-electron chi connectivity index (χ2n) is 14.5. The average molecular weight is 709 g/mol. The van der Waals surface area contributed by atoms with Crippen molar-refractivity contribution in [1.82, 2.24) is 21.3 Å². The molecule has 0 fully saturated rings. The van der Waals surface area contributed by atoms with E-state index < -0.39 is 30.0 Å². The van der Waals surface area contributed by atoms with Gasteiger partial charge in [0.05, 0.1) is 18.6 Å². The topological polar surface area (TPSA) is 137 Å². The SMILES string of the molecule is CCC(C)CNC(=O)C[C@H](O)[C@H](CC(C)C)NC(=O)[C@H](CCNC(C)=O)NC(=O)C(Cc1cccc2ccccc12)Cc1cccc2ccccc12. The van der Waals surface area contributed by atoms with Gasteiger partial charge in [0, 0.05) is 25.9 Å². The second kappa shape index (κ2) is 19.7. The molecule has 4 amide bonds. The van der Waals surface area contributed by atoms with Gasteiger partial charge in [0.15, 0.2) is 0 Å². The molecule has 0 saturated carbocycles. The summed E-state index contributed by atoms with van der Waals surface area (Å²) < 4.78 is 0. The first-order valence-electron chi connectivity index (χ1n) is 18.7. The molecule has 0 aliphatic heterocycles. The van der Waals surface area contributed by atoms with Crippen molar-refractivity contribution >= 4 is 45.2 Å². The van der Waals surface area contributed by atoms with E-state index in [2.05, 4.69) is 64.6 Å². The molecule has 4 atom stereocenters. The zero-order chi connectivity index (χ0) is 37.6. The van der Waals surface area contributed by atoms with E-state index in [0.717, 1.165) is 39.1 Å². The minimum absolute atomic E-state index is 0.112. The Labute approximate surface area is 308 Å². The molecule has 0 aliphatic rings. The summed E-state index contributed by atoms with van der Waals surface area (Å²) >= 11 is 0. The van der Waals surface area contributed by atoms with Gasteiger partial charge < -0.3 is 26.4 Å². The molecule has 0 heterocycles. The first-order chi connectivity index (χ1) is 24.9. The summed E-state index contributed by atoms with van der Waals surface area (Å²) in [6, 6.07) is 26.7. The molecule has 278 valence electrons. The van der Waals surface area contributed by atoms with Crippen molar-refractivity contribution in [2.75, 3.05) is 13.1 Å². The van der Waals surface area contributed by atoms with Crippen molar-refractivity contribution in [2.45, 2.75) is 91.3 Å². The molecule has 0 saturated heterocycles. The third kappa shape index (κ3) is 11.9. The third-order valence-electron chi connectivity index (χ3n) is 9.76. The number of nitrogens with one attached hydrogen (secondary N) is 4. The Morgan fingerprint density at radius 1 is 0.712 bits per heavy atom. The van der Waals surface area contributed by atoms with Crippen LogP contribution in [0.2, 0.25) is 0 Å². The molecule has 5 N–H and O–H groups in total. The highest BCUT2D eigenvalue weighted by Crippen LogP contribution is 2.26. The van der Waals surface area contributed by atoms with Crippen LogP contribution in [0.25, 0.3) is 21.5 Å². The highest BCUT2D eigenvalue weighted by molar-refractivity contribution is 5.91. The van der Waals surface area contributed by atoms with Crippen LogP contribution in [0.1, 0.15) is 71.4 Å². The molecule has 0 radical (unpaired) electrons. The van der Waals surface area contributed by atoms with Crippen LogP contribution in [0.5, 0.6) is 0 Å². The van der Waals surface area contributed by atoms with Crippen LogP contribution in [-0.4, -0.2) is 60.0 Å². The number of carbonyl (C=O) groups excluding carboxylic acids is 4. The van der Waals surface area contributed by atoms with Gasteiger partial charge in [0.1, 0.15) is 6.04 Å². The van der Waals surface area contributed by atoms with Gasteiger partial charge >= 0.3 is 0 Å². The Bertz CT molecular complexity index is 1720. The fourth-order valence-corrected chi connectivity index (χ4v) is 6.62. The maximum atomic E-state index is 14.4. The number of hydrogen-bond donors (Lipinski definition) is 5. The number of fused-ring (bicyclic) bond motifs is 2. The molecule has 0 aromatic heterocycles. The maximum absolute atomic E-state index is 14.4. The summed E-state index contributed by atoms with van der Waals surface area (Å²) in [6.45, 7) is 10.1. The van der Waals surface area contributed by atoms with Gasteiger partial charge in [-0.3, -0.25) is 19.2 Å². The fraction of sp³-hybridized carbons (Fsp3) is 0.442. The van der Waals surface area contributed by atoms with Gasteiger partial charge in [-0.1, -0.05) is 119 Å². The van der Waals surface area contributed by atoms with Crippen molar-refractivity contribution < 1.29 is 24.3 Å². The molecule has 52 heavy (non-hydrogen) atoms. The molecule has 0 spiro atoms. The normalized spacial score (nSPS) is 13.8. The molecular formula is C43H56N4O5. The Morgan fingerprint density at radius 2 is 1.27 bits per heavy atom. The largest absolute Gasteiger partial charge is 0.390 e. The standard InChI is InChI=1S/C43H56N4O5/c1-6-29(4)27-45-41(50)26-40(49)39(23-28(2)3)47-43(52)38(21-22-44-30(5)48)46-42(51)35(24-33-17-11-15-31-13-7-9-19-36(31)33)25-34-18-12-16-32-14-8-10-20-37(32)34/h7-20,28-29,35,38-40,49H,6,21-27H2,1-5H3,(H,44,48)(H,45,50)(H,46,51)(H,47,52)/t29?,38-,39-,40-/m0/s1. The number of amides is 4. The van der Waals surface area contributed by atoms with E-state index in [-0.39, 0.29) is 43.0 Å². The lowest BCUT2D eigenvalue weighted by atomic mass is 9.87. The number of aliphatic hydroxyl groups excluding tert-OH is 1. The number of rotatable bonds is 19. The minimum atomic E-state index is -1.12. The number of aliphatic hydroxyl groups is 1. The molecule has 4 rings (SSSR count). The van der Waals surface area contributed by atoms with Crippen LogP contribution in [0.15, 0.2) is 84.9 Å². The molecule has 9 nitrogen and oxygen atoms in total. The smallest absolute Gasteiger partial charge is 0.242 e. The van der Waals surface area contributed by atoms with Crippen molar-refractivity contribution in [3.05, 3.63) is 96.1 Å². The van der Waals surface area contributed by atoms with E-state index >= 15 is 0 Å². The van der Waals surface area contributed by atoms with Gasteiger partial charge in [-0.05, 0) is 70.2 Å². The van der Waals surface area contributed by atoms with Crippen molar-refractivity contribution in [1.29, 1.82) is 0 Å². The molecule has 4 aromatic carbocycles. The van der Waals surface area contributed by atoms with Crippen molar-refractivity contribution in [3.63, 3.8) is 0 Å². The molecule has 0 aliphatic carbocycles. The van der Waals surface area contributed by atoms with Gasteiger partial charge in [-0.25, -0.2) is 0 Å². The summed E-state index contributed by atoms with van der Waals surface area (Å²) in [5.41, 5.74) is 2.06. The predicted octanol–water partition coefficient (Wildman–Crippen LogP) is 5.85. The molecule has 0 bridgehead atoms. The average Bonchev–Trinajstić information content (AvgIpc) is 3.12. The van der Waals surface area contributed by atoms with E-state index in [4.69, 9.17) is 0 Å². The monoisotopic (exact) mass is 708 g/mol. The van der Waals surface area contributed by atoms with Gasteiger partial charge in [0.2, 0.25) is 23.6 Å². The predicted molar refractivity (Wildman–Crippen MR) is 208 cm³/mol. The molecular weight excluding hydrogens is 652 g/mol. The first kappa shape index (κ1) is 40.0. The van der Waals surface area contributed by atoms with E-state index in [1.165, 1.54) is 6.92 Å². The Kier molecular flexibility index (Phi) is 15.2. The summed E-state index contributed by atoms with van der Waals surface area (Å²) in [7, 11) is 0. The highest BCUT2D eigenvalue weighted by Gasteiger charge is 2.31. The zero-order valence-electron chi connectivity index (χ0n) is 31.3. The number of hydrogen-bond acceptors (Lipinski definition) is 5. The molecule has 1 unspecified atom stereocenters. The Hall–Kier alpha value is -4.76. The lowest BCUT2D eigenvalue weighted by Crippen LogP contribution is -2.55. The lowest BCUT2D eigenvalue weighted by molar-refractivity contribution is -0.132. The van der Waals surface area contributed by atoms with E-state index in [1.807, 2.05) is 69.3 Å². The van der Waals surface area contributed by atoms with Gasteiger partial charge in [-0.2, -0.15) is 0 Å². The van der Waals surface area contributed by atoms with Crippen LogP contribution in [0.3, 0.4) is 0 Å². The Balaban J connectivity index is 1.60. The summed E-state index contributed by atoms with van der Waals surface area (Å²) in [5, 5.41) is 27.1. The highest BCUT2D eigenvalue weighted by atomic mass is 16.3. The zero-order valence-corrected chi connectivity index (χ0v) is 31.3. The van der Waals surface area contributed by atoms with Crippen LogP contribution >= 0.6 is 0 Å². The van der Waals surface area contributed by atoms with E-state index in [1.54, 1.807) is 0 Å². The Morgan fingerprint density at radius 3 is 1.81 bits per heavy atom. The summed E-state index contributed by atoms with van der Waals surface area (Å²) in [4.78, 5) is 53.0. The quantitative estimate of drug-likeness (QED) is 0.0833. The van der Waals surface area contributed by atoms with Crippen molar-refractivity contribution in [3.8, 4) is 0 Å². The summed E-state index contributed by atoms with van der Waals surface area (Å²) in [5.74, 6) is -1.39. The lowest BCUT2D eigenvalue weighted by Gasteiger charge is -2.29. The third-order valence-corrected chi connectivity index (χ3v) is 9.76. The minimum Gasteiger partial charge on any atom is -0.390 e.